The number of hydrogen-bond donors (Lipinski definition) is 3. The molecule has 0 aliphatic heterocycles. The maximum absolute atomic E-state index is 9.92. The molecule has 0 amide bonds. The molecule has 0 saturated heterocycles. The molecule has 10 heavy (non-hydrogen) atoms. The van der Waals surface area contributed by atoms with Gasteiger partial charge in [0.15, 0.2) is 0 Å². The van der Waals surface area contributed by atoms with E-state index in [-0.39, 0.29) is 6.54 Å². The molecule has 0 radical (unpaired) electrons. The SMILES string of the molecule is O=CC(S)CNCC(=O)O. The summed E-state index contributed by atoms with van der Waals surface area (Å²) in [6, 6.07) is 0. The molecule has 0 aliphatic rings. The maximum atomic E-state index is 9.92. The third kappa shape index (κ3) is 5.58. The molecule has 0 aromatic carbocycles. The minimum atomic E-state index is -0.938. The van der Waals surface area contributed by atoms with Gasteiger partial charge in [0.2, 0.25) is 0 Å². The first kappa shape index (κ1) is 9.45. The lowest BCUT2D eigenvalue weighted by Crippen LogP contribution is -2.29. The number of aldehydes is 1. The summed E-state index contributed by atoms with van der Waals surface area (Å²) in [5.41, 5.74) is 0. The van der Waals surface area contributed by atoms with Gasteiger partial charge in [0.05, 0.1) is 11.8 Å². The summed E-state index contributed by atoms with van der Waals surface area (Å²) >= 11 is 3.81. The first-order valence-corrected chi connectivity index (χ1v) is 3.24. The lowest BCUT2D eigenvalue weighted by molar-refractivity contribution is -0.136. The van der Waals surface area contributed by atoms with Crippen LogP contribution in [0.2, 0.25) is 0 Å². The summed E-state index contributed by atoms with van der Waals surface area (Å²) in [6.45, 7) is 0.157. The molecular formula is C5H9NO3S. The summed E-state index contributed by atoms with van der Waals surface area (Å²) in [6.07, 6.45) is 0.651. The molecule has 4 nitrogen and oxygen atoms in total. The molecule has 0 rings (SSSR count). The maximum Gasteiger partial charge on any atom is 0.317 e. The van der Waals surface area contributed by atoms with Crippen LogP contribution in [0.3, 0.4) is 0 Å². The number of carboxylic acid groups (broad SMARTS) is 1. The van der Waals surface area contributed by atoms with Gasteiger partial charge in [0, 0.05) is 6.54 Å². The van der Waals surface area contributed by atoms with Crippen LogP contribution in [-0.4, -0.2) is 35.7 Å². The van der Waals surface area contributed by atoms with Crippen LogP contribution >= 0.6 is 12.6 Å². The van der Waals surface area contributed by atoms with Crippen molar-refractivity contribution in [3.05, 3.63) is 0 Å². The van der Waals surface area contributed by atoms with Crippen molar-refractivity contribution >= 4 is 24.9 Å². The number of carboxylic acids is 1. The second-order valence-electron chi connectivity index (χ2n) is 1.73. The Labute approximate surface area is 64.0 Å². The van der Waals surface area contributed by atoms with Crippen molar-refractivity contribution in [2.45, 2.75) is 5.25 Å². The highest BCUT2D eigenvalue weighted by molar-refractivity contribution is 7.81. The van der Waals surface area contributed by atoms with Crippen LogP contribution in [-0.2, 0) is 9.59 Å². The molecule has 0 fully saturated rings. The molecule has 2 N–H and O–H groups in total. The topological polar surface area (TPSA) is 66.4 Å². The lowest BCUT2D eigenvalue weighted by Gasteiger charge is -2.01. The largest absolute Gasteiger partial charge is 0.480 e. The highest BCUT2D eigenvalue weighted by Gasteiger charge is 2.00. The summed E-state index contributed by atoms with van der Waals surface area (Å²) in [5.74, 6) is -0.938. The van der Waals surface area contributed by atoms with Crippen molar-refractivity contribution < 1.29 is 14.7 Å². The van der Waals surface area contributed by atoms with Crippen molar-refractivity contribution in [2.75, 3.05) is 13.1 Å². The Bertz CT molecular complexity index is 128. The standard InChI is InChI=1S/C5H9NO3S/c7-3-4(10)1-6-2-5(8)9/h3-4,6,10H,1-2H2,(H,8,9). The number of hydrogen-bond acceptors (Lipinski definition) is 4. The number of carbonyl (C=O) groups is 2. The molecule has 58 valence electrons. The summed E-state index contributed by atoms with van der Waals surface area (Å²) in [5, 5.41) is 10.2. The van der Waals surface area contributed by atoms with Crippen molar-refractivity contribution in [3.63, 3.8) is 0 Å². The average molecular weight is 163 g/mol. The number of nitrogens with one attached hydrogen (secondary N) is 1. The first-order chi connectivity index (χ1) is 4.66. The molecule has 0 aliphatic carbocycles. The fourth-order valence-corrected chi connectivity index (χ4v) is 0.504. The lowest BCUT2D eigenvalue weighted by atomic mass is 10.4. The molecule has 0 heterocycles. The van der Waals surface area contributed by atoms with E-state index in [0.717, 1.165) is 0 Å². The Hall–Kier alpha value is -0.550. The molecule has 0 spiro atoms. The second kappa shape index (κ2) is 5.25. The second-order valence-corrected chi connectivity index (χ2v) is 2.39. The van der Waals surface area contributed by atoms with Crippen LogP contribution in [0.25, 0.3) is 0 Å². The smallest absolute Gasteiger partial charge is 0.317 e. The van der Waals surface area contributed by atoms with Gasteiger partial charge in [0.25, 0.3) is 0 Å². The Morgan fingerprint density at radius 1 is 1.80 bits per heavy atom. The number of rotatable bonds is 5. The van der Waals surface area contributed by atoms with E-state index in [4.69, 9.17) is 5.11 Å². The molecule has 1 unspecified atom stereocenters. The van der Waals surface area contributed by atoms with Gasteiger partial charge in [-0.2, -0.15) is 12.6 Å². The van der Waals surface area contributed by atoms with Gasteiger partial charge in [0.1, 0.15) is 6.29 Å². The number of aliphatic carboxylic acids is 1. The van der Waals surface area contributed by atoms with Gasteiger partial charge >= 0.3 is 5.97 Å². The molecular weight excluding hydrogens is 154 g/mol. The van der Waals surface area contributed by atoms with Crippen molar-refractivity contribution in [1.82, 2.24) is 5.32 Å². The zero-order chi connectivity index (χ0) is 7.98. The Morgan fingerprint density at radius 2 is 2.40 bits per heavy atom. The first-order valence-electron chi connectivity index (χ1n) is 2.72. The van der Waals surface area contributed by atoms with E-state index >= 15 is 0 Å². The van der Waals surface area contributed by atoms with Crippen LogP contribution in [0.1, 0.15) is 0 Å². The van der Waals surface area contributed by atoms with Crippen LogP contribution < -0.4 is 5.32 Å². The highest BCUT2D eigenvalue weighted by Crippen LogP contribution is 1.84. The third-order valence-electron chi connectivity index (χ3n) is 0.787. The van der Waals surface area contributed by atoms with Crippen molar-refractivity contribution in [3.8, 4) is 0 Å². The molecule has 5 heteroatoms. The van der Waals surface area contributed by atoms with E-state index in [1.165, 1.54) is 0 Å². The van der Waals surface area contributed by atoms with E-state index in [1.807, 2.05) is 0 Å². The highest BCUT2D eigenvalue weighted by atomic mass is 32.1. The van der Waals surface area contributed by atoms with E-state index in [0.29, 0.717) is 12.8 Å². The average Bonchev–Trinajstić information content (AvgIpc) is 1.87. The van der Waals surface area contributed by atoms with E-state index in [9.17, 15) is 9.59 Å². The molecule has 0 bridgehead atoms. The van der Waals surface area contributed by atoms with E-state index < -0.39 is 11.2 Å². The normalized spacial score (nSPS) is 12.5. The molecule has 0 aromatic heterocycles. The van der Waals surface area contributed by atoms with E-state index in [1.54, 1.807) is 0 Å². The zero-order valence-corrected chi connectivity index (χ0v) is 6.17. The van der Waals surface area contributed by atoms with Gasteiger partial charge in [-0.15, -0.1) is 0 Å². The molecule has 0 saturated carbocycles. The predicted molar refractivity (Wildman–Crippen MR) is 39.3 cm³/mol. The van der Waals surface area contributed by atoms with Crippen LogP contribution in [0.4, 0.5) is 0 Å². The molecule has 1 atom stereocenters. The predicted octanol–water partition coefficient (Wildman–Crippen LogP) is -0.842. The van der Waals surface area contributed by atoms with Gasteiger partial charge < -0.3 is 15.2 Å². The van der Waals surface area contributed by atoms with Crippen molar-refractivity contribution in [1.29, 1.82) is 0 Å². The van der Waals surface area contributed by atoms with Crippen molar-refractivity contribution in [2.24, 2.45) is 0 Å². The molecule has 0 aromatic rings. The zero-order valence-electron chi connectivity index (χ0n) is 5.28. The Balaban J connectivity index is 3.19. The fourth-order valence-electron chi connectivity index (χ4n) is 0.375. The van der Waals surface area contributed by atoms with Gasteiger partial charge in [-0.3, -0.25) is 4.79 Å². The quantitative estimate of drug-likeness (QED) is 0.365. The summed E-state index contributed by atoms with van der Waals surface area (Å²) in [4.78, 5) is 19.8. The third-order valence-corrected chi connectivity index (χ3v) is 1.09. The number of carbonyl (C=O) groups excluding carboxylic acids is 1. The minimum absolute atomic E-state index is 0.134. The van der Waals surface area contributed by atoms with Crippen LogP contribution in [0.5, 0.6) is 0 Å². The van der Waals surface area contributed by atoms with Crippen LogP contribution in [0.15, 0.2) is 0 Å². The van der Waals surface area contributed by atoms with Gasteiger partial charge in [-0.1, -0.05) is 0 Å². The van der Waals surface area contributed by atoms with E-state index in [2.05, 4.69) is 17.9 Å². The van der Waals surface area contributed by atoms with Gasteiger partial charge in [-0.05, 0) is 0 Å². The summed E-state index contributed by atoms with van der Waals surface area (Å²) in [7, 11) is 0. The Morgan fingerprint density at radius 3 is 2.80 bits per heavy atom. The minimum Gasteiger partial charge on any atom is -0.480 e. The fraction of sp³-hybridized carbons (Fsp3) is 0.600. The Kier molecular flexibility index (Phi) is 4.96. The van der Waals surface area contributed by atoms with Crippen LogP contribution in [0, 0.1) is 0 Å². The van der Waals surface area contributed by atoms with Gasteiger partial charge in [-0.25, -0.2) is 0 Å². The summed E-state index contributed by atoms with van der Waals surface area (Å²) < 4.78 is 0. The monoisotopic (exact) mass is 163 g/mol. The number of thiol groups is 1.